The van der Waals surface area contributed by atoms with Crippen molar-refractivity contribution in [2.45, 2.75) is 44.8 Å². The lowest BCUT2D eigenvalue weighted by molar-refractivity contribution is -0.153. The van der Waals surface area contributed by atoms with Crippen LogP contribution in [0.3, 0.4) is 0 Å². The predicted octanol–water partition coefficient (Wildman–Crippen LogP) is 4.98. The smallest absolute Gasteiger partial charge is 0.334 e. The highest BCUT2D eigenvalue weighted by atomic mass is 19.3. The van der Waals surface area contributed by atoms with Gasteiger partial charge in [0.25, 0.3) is 5.92 Å². The van der Waals surface area contributed by atoms with Crippen LogP contribution in [0, 0.1) is 0 Å². The first-order chi connectivity index (χ1) is 12.8. The molecule has 2 aromatic carbocycles. The van der Waals surface area contributed by atoms with Crippen LogP contribution in [0.25, 0.3) is 16.7 Å². The molecule has 0 saturated carbocycles. The van der Waals surface area contributed by atoms with Gasteiger partial charge in [-0.3, -0.25) is 0 Å². The van der Waals surface area contributed by atoms with Crippen molar-refractivity contribution in [2.24, 2.45) is 0 Å². The topological polar surface area (TPSA) is 46.5 Å². The first kappa shape index (κ1) is 19.2. The summed E-state index contributed by atoms with van der Waals surface area (Å²) in [4.78, 5) is 11.4. The summed E-state index contributed by atoms with van der Waals surface area (Å²) in [7, 11) is 0. The highest BCUT2D eigenvalue weighted by molar-refractivity contribution is 5.74. The van der Waals surface area contributed by atoms with Crippen LogP contribution in [0.4, 0.5) is 8.78 Å². The number of alkyl halides is 2. The molecule has 2 aromatic rings. The monoisotopic (exact) mass is 372 g/mol. The molecule has 1 atom stereocenters. The van der Waals surface area contributed by atoms with E-state index in [-0.39, 0.29) is 19.4 Å². The van der Waals surface area contributed by atoms with E-state index in [0.29, 0.717) is 6.42 Å². The molecule has 142 valence electrons. The highest BCUT2D eigenvalue weighted by Gasteiger charge is 2.30. The third kappa shape index (κ3) is 5.01. The number of hydrogen-bond acceptors (Lipinski definition) is 3. The van der Waals surface area contributed by atoms with Gasteiger partial charge in [-0.1, -0.05) is 48.5 Å². The fourth-order valence-electron chi connectivity index (χ4n) is 3.05. The number of aliphatic hydroxyl groups is 1. The van der Waals surface area contributed by atoms with Crippen molar-refractivity contribution in [3.63, 3.8) is 0 Å². The van der Waals surface area contributed by atoms with Crippen molar-refractivity contribution in [3.8, 4) is 11.1 Å². The number of halogens is 2. The molecule has 0 aromatic heterocycles. The van der Waals surface area contributed by atoms with E-state index in [1.54, 1.807) is 6.08 Å². The SMILES string of the molecule is CC(O)C(=O)OCc1cccc(-c2ccc(C3=CCC(F)(F)CC3)cc2)c1. The molecule has 5 heteroatoms. The zero-order valence-corrected chi connectivity index (χ0v) is 15.1. The van der Waals surface area contributed by atoms with Gasteiger partial charge in [0, 0.05) is 12.8 Å². The first-order valence-corrected chi connectivity index (χ1v) is 8.95. The van der Waals surface area contributed by atoms with Crippen molar-refractivity contribution in [2.75, 3.05) is 0 Å². The predicted molar refractivity (Wildman–Crippen MR) is 100 cm³/mol. The van der Waals surface area contributed by atoms with E-state index in [4.69, 9.17) is 4.74 Å². The minimum absolute atomic E-state index is 0.0940. The molecule has 27 heavy (non-hydrogen) atoms. The lowest BCUT2D eigenvalue weighted by Crippen LogP contribution is -2.18. The summed E-state index contributed by atoms with van der Waals surface area (Å²) >= 11 is 0. The van der Waals surface area contributed by atoms with Crippen molar-refractivity contribution < 1.29 is 23.4 Å². The number of carbonyl (C=O) groups excluding carboxylic acids is 1. The minimum atomic E-state index is -2.58. The van der Waals surface area contributed by atoms with Gasteiger partial charge in [0.15, 0.2) is 0 Å². The minimum Gasteiger partial charge on any atom is -0.459 e. The maximum Gasteiger partial charge on any atom is 0.334 e. The third-order valence-electron chi connectivity index (χ3n) is 4.65. The third-order valence-corrected chi connectivity index (χ3v) is 4.65. The quantitative estimate of drug-likeness (QED) is 0.753. The van der Waals surface area contributed by atoms with Crippen LogP contribution < -0.4 is 0 Å². The summed E-state index contributed by atoms with van der Waals surface area (Å²) in [5.74, 6) is -3.24. The average Bonchev–Trinajstić information content (AvgIpc) is 2.66. The average molecular weight is 372 g/mol. The Balaban J connectivity index is 1.71. The molecule has 1 aliphatic carbocycles. The van der Waals surface area contributed by atoms with Gasteiger partial charge in [0.1, 0.15) is 12.7 Å². The number of hydrogen-bond donors (Lipinski definition) is 1. The van der Waals surface area contributed by atoms with Crippen molar-refractivity contribution in [1.82, 2.24) is 0 Å². The first-order valence-electron chi connectivity index (χ1n) is 8.95. The van der Waals surface area contributed by atoms with E-state index in [9.17, 15) is 18.7 Å². The second kappa shape index (κ2) is 8.01. The Bertz CT molecular complexity index is 839. The Morgan fingerprint density at radius 3 is 2.48 bits per heavy atom. The van der Waals surface area contributed by atoms with Crippen LogP contribution in [0.1, 0.15) is 37.3 Å². The number of carbonyl (C=O) groups is 1. The van der Waals surface area contributed by atoms with E-state index in [2.05, 4.69) is 0 Å². The lowest BCUT2D eigenvalue weighted by atomic mass is 9.90. The number of aliphatic hydroxyl groups excluding tert-OH is 1. The van der Waals surface area contributed by atoms with Gasteiger partial charge in [-0.15, -0.1) is 0 Å². The Labute approximate surface area is 157 Å². The zero-order valence-electron chi connectivity index (χ0n) is 15.1. The fraction of sp³-hybridized carbons (Fsp3) is 0.318. The molecule has 0 saturated heterocycles. The van der Waals surface area contributed by atoms with Crippen molar-refractivity contribution in [3.05, 3.63) is 65.7 Å². The maximum absolute atomic E-state index is 13.3. The Morgan fingerprint density at radius 1 is 1.15 bits per heavy atom. The molecular formula is C22H22F2O3. The standard InChI is InChI=1S/C22H22F2O3/c1-15(25)21(26)27-14-16-3-2-4-20(13-16)18-7-5-17(6-8-18)19-9-11-22(23,24)12-10-19/h2-9,13,15,25H,10-12,14H2,1H3. The number of ether oxygens (including phenoxy) is 1. The maximum atomic E-state index is 13.3. The molecule has 0 amide bonds. The van der Waals surface area contributed by atoms with Gasteiger partial charge in [-0.25, -0.2) is 13.6 Å². The summed E-state index contributed by atoms with van der Waals surface area (Å²) in [6.07, 6.45) is 0.576. The van der Waals surface area contributed by atoms with Crippen LogP contribution in [-0.2, 0) is 16.1 Å². The lowest BCUT2D eigenvalue weighted by Gasteiger charge is -2.21. The van der Waals surface area contributed by atoms with Crippen LogP contribution in [-0.4, -0.2) is 23.1 Å². The molecule has 3 rings (SSSR count). The summed E-state index contributed by atoms with van der Waals surface area (Å²) < 4.78 is 31.6. The van der Waals surface area contributed by atoms with E-state index in [1.165, 1.54) is 6.92 Å². The van der Waals surface area contributed by atoms with Crippen molar-refractivity contribution in [1.29, 1.82) is 0 Å². The van der Waals surface area contributed by atoms with Gasteiger partial charge in [0.05, 0.1) is 0 Å². The number of allylic oxidation sites excluding steroid dienone is 2. The molecular weight excluding hydrogens is 350 g/mol. The van der Waals surface area contributed by atoms with Crippen LogP contribution in [0.15, 0.2) is 54.6 Å². The van der Waals surface area contributed by atoms with Gasteiger partial charge >= 0.3 is 5.97 Å². The van der Waals surface area contributed by atoms with Crippen molar-refractivity contribution >= 4 is 11.5 Å². The fourth-order valence-corrected chi connectivity index (χ4v) is 3.05. The molecule has 1 N–H and O–H groups in total. The van der Waals surface area contributed by atoms with E-state index >= 15 is 0 Å². The zero-order chi connectivity index (χ0) is 19.4. The van der Waals surface area contributed by atoms with Crippen LogP contribution in [0.5, 0.6) is 0 Å². The van der Waals surface area contributed by atoms with Crippen LogP contribution >= 0.6 is 0 Å². The molecule has 1 unspecified atom stereocenters. The molecule has 0 bridgehead atoms. The second-order valence-electron chi connectivity index (χ2n) is 6.85. The second-order valence-corrected chi connectivity index (χ2v) is 6.85. The molecule has 3 nitrogen and oxygen atoms in total. The Hall–Kier alpha value is -2.53. The van der Waals surface area contributed by atoms with E-state index in [0.717, 1.165) is 27.8 Å². The summed E-state index contributed by atoms with van der Waals surface area (Å²) in [6, 6.07) is 15.4. The van der Waals surface area contributed by atoms with Gasteiger partial charge in [-0.05, 0) is 47.2 Å². The molecule has 0 spiro atoms. The number of rotatable bonds is 5. The Morgan fingerprint density at radius 2 is 1.85 bits per heavy atom. The highest BCUT2D eigenvalue weighted by Crippen LogP contribution is 2.36. The normalized spacial score (nSPS) is 17.1. The largest absolute Gasteiger partial charge is 0.459 e. The molecule has 0 radical (unpaired) electrons. The summed E-state index contributed by atoms with van der Waals surface area (Å²) in [5, 5.41) is 9.17. The van der Waals surface area contributed by atoms with Crippen LogP contribution in [0.2, 0.25) is 0 Å². The van der Waals surface area contributed by atoms with Gasteiger partial charge < -0.3 is 9.84 Å². The summed E-state index contributed by atoms with van der Waals surface area (Å²) in [5.41, 5.74) is 4.71. The molecule has 0 heterocycles. The molecule has 0 fully saturated rings. The molecule has 0 aliphatic heterocycles. The van der Waals surface area contributed by atoms with E-state index in [1.807, 2.05) is 48.5 Å². The Kier molecular flexibility index (Phi) is 5.71. The molecule has 1 aliphatic rings. The van der Waals surface area contributed by atoms with Gasteiger partial charge in [-0.2, -0.15) is 0 Å². The number of esters is 1. The van der Waals surface area contributed by atoms with E-state index < -0.39 is 18.0 Å². The number of benzene rings is 2. The van der Waals surface area contributed by atoms with Gasteiger partial charge in [0.2, 0.25) is 0 Å². The summed E-state index contributed by atoms with van der Waals surface area (Å²) in [6.45, 7) is 1.46.